The van der Waals surface area contributed by atoms with Crippen LogP contribution in [0.25, 0.3) is 0 Å². The van der Waals surface area contributed by atoms with E-state index in [9.17, 15) is 9.59 Å². The SMILES string of the molecule is CC(C)c1ccc(CN(C)C(=O)CC(=O)O)cc1. The first-order valence-electron chi connectivity index (χ1n) is 5.94. The van der Waals surface area contributed by atoms with E-state index < -0.39 is 12.4 Å². The molecule has 1 amide bonds. The molecular formula is C14H19NO3. The molecule has 4 nitrogen and oxygen atoms in total. The normalized spacial score (nSPS) is 10.4. The molecule has 0 bridgehead atoms. The lowest BCUT2D eigenvalue weighted by Gasteiger charge is -2.16. The first-order valence-corrected chi connectivity index (χ1v) is 5.94. The number of nitrogens with zero attached hydrogens (tertiary/aromatic N) is 1. The summed E-state index contributed by atoms with van der Waals surface area (Å²) in [5, 5.41) is 8.55. The molecule has 0 saturated heterocycles. The molecule has 1 rings (SSSR count). The lowest BCUT2D eigenvalue weighted by Crippen LogP contribution is -2.28. The van der Waals surface area contributed by atoms with Crippen LogP contribution in [0.4, 0.5) is 0 Å². The van der Waals surface area contributed by atoms with E-state index in [1.54, 1.807) is 7.05 Å². The second-order valence-corrected chi connectivity index (χ2v) is 4.72. The number of rotatable bonds is 5. The second-order valence-electron chi connectivity index (χ2n) is 4.72. The summed E-state index contributed by atoms with van der Waals surface area (Å²) in [6, 6.07) is 8.02. The highest BCUT2D eigenvalue weighted by Gasteiger charge is 2.13. The van der Waals surface area contributed by atoms with E-state index in [2.05, 4.69) is 13.8 Å². The van der Waals surface area contributed by atoms with Gasteiger partial charge in [0.1, 0.15) is 6.42 Å². The van der Waals surface area contributed by atoms with Gasteiger partial charge in [0.25, 0.3) is 0 Å². The number of aliphatic carboxylic acids is 1. The largest absolute Gasteiger partial charge is 0.481 e. The Morgan fingerprint density at radius 1 is 1.22 bits per heavy atom. The Bertz CT molecular complexity index is 423. The van der Waals surface area contributed by atoms with Gasteiger partial charge in [0, 0.05) is 13.6 Å². The zero-order valence-corrected chi connectivity index (χ0v) is 11.0. The van der Waals surface area contributed by atoms with Crippen LogP contribution in [0.1, 0.15) is 37.3 Å². The molecule has 0 aliphatic carbocycles. The summed E-state index contributed by atoms with van der Waals surface area (Å²) >= 11 is 0. The van der Waals surface area contributed by atoms with Crippen molar-refractivity contribution in [3.63, 3.8) is 0 Å². The summed E-state index contributed by atoms with van der Waals surface area (Å²) in [7, 11) is 1.61. The topological polar surface area (TPSA) is 57.6 Å². The minimum Gasteiger partial charge on any atom is -0.481 e. The van der Waals surface area contributed by atoms with Gasteiger partial charge < -0.3 is 10.0 Å². The molecule has 0 heterocycles. The number of carbonyl (C=O) groups is 2. The fourth-order valence-corrected chi connectivity index (χ4v) is 1.63. The molecular weight excluding hydrogens is 230 g/mol. The van der Waals surface area contributed by atoms with Crippen molar-refractivity contribution in [3.05, 3.63) is 35.4 Å². The summed E-state index contributed by atoms with van der Waals surface area (Å²) < 4.78 is 0. The van der Waals surface area contributed by atoms with Gasteiger partial charge in [-0.15, -0.1) is 0 Å². The van der Waals surface area contributed by atoms with Gasteiger partial charge in [0.2, 0.25) is 5.91 Å². The fourth-order valence-electron chi connectivity index (χ4n) is 1.63. The fraction of sp³-hybridized carbons (Fsp3) is 0.429. The van der Waals surface area contributed by atoms with Crippen LogP contribution < -0.4 is 0 Å². The van der Waals surface area contributed by atoms with Crippen molar-refractivity contribution in [2.24, 2.45) is 0 Å². The maximum atomic E-state index is 11.5. The zero-order chi connectivity index (χ0) is 13.7. The quantitative estimate of drug-likeness (QED) is 0.814. The predicted octanol–water partition coefficient (Wildman–Crippen LogP) is 2.24. The second kappa shape index (κ2) is 6.19. The van der Waals surface area contributed by atoms with Gasteiger partial charge in [-0.05, 0) is 17.0 Å². The van der Waals surface area contributed by atoms with Gasteiger partial charge in [0.05, 0.1) is 0 Å². The van der Waals surface area contributed by atoms with E-state index in [1.807, 2.05) is 24.3 Å². The van der Waals surface area contributed by atoms with E-state index in [4.69, 9.17) is 5.11 Å². The van der Waals surface area contributed by atoms with Crippen LogP contribution in [0, 0.1) is 0 Å². The molecule has 0 atom stereocenters. The molecule has 0 aliphatic heterocycles. The number of benzene rings is 1. The molecule has 0 fully saturated rings. The van der Waals surface area contributed by atoms with E-state index in [0.717, 1.165) is 5.56 Å². The summed E-state index contributed by atoms with van der Waals surface area (Å²) in [4.78, 5) is 23.3. The molecule has 4 heteroatoms. The molecule has 0 saturated carbocycles. The van der Waals surface area contributed by atoms with Crippen molar-refractivity contribution < 1.29 is 14.7 Å². The molecule has 0 aromatic heterocycles. The molecule has 0 aliphatic rings. The van der Waals surface area contributed by atoms with Crippen molar-refractivity contribution in [3.8, 4) is 0 Å². The van der Waals surface area contributed by atoms with E-state index in [1.165, 1.54) is 10.5 Å². The Morgan fingerprint density at radius 3 is 2.22 bits per heavy atom. The van der Waals surface area contributed by atoms with Crippen LogP contribution in [0.15, 0.2) is 24.3 Å². The summed E-state index contributed by atoms with van der Waals surface area (Å²) in [5.41, 5.74) is 2.25. The van der Waals surface area contributed by atoms with Gasteiger partial charge in [-0.2, -0.15) is 0 Å². The van der Waals surface area contributed by atoms with E-state index >= 15 is 0 Å². The van der Waals surface area contributed by atoms with Gasteiger partial charge in [0.15, 0.2) is 0 Å². The van der Waals surface area contributed by atoms with Gasteiger partial charge in [-0.1, -0.05) is 38.1 Å². The number of hydrogen-bond donors (Lipinski definition) is 1. The Balaban J connectivity index is 2.61. The number of hydrogen-bond acceptors (Lipinski definition) is 2. The predicted molar refractivity (Wildman–Crippen MR) is 69.3 cm³/mol. The molecule has 98 valence electrons. The molecule has 18 heavy (non-hydrogen) atoms. The first-order chi connectivity index (χ1) is 8.40. The molecule has 0 spiro atoms. The molecule has 1 aromatic carbocycles. The van der Waals surface area contributed by atoms with Crippen LogP contribution in [0.5, 0.6) is 0 Å². The Kier molecular flexibility index (Phi) is 4.89. The number of carboxylic acids is 1. The third kappa shape index (κ3) is 4.20. The van der Waals surface area contributed by atoms with Crippen LogP contribution in [-0.2, 0) is 16.1 Å². The highest BCUT2D eigenvalue weighted by atomic mass is 16.4. The van der Waals surface area contributed by atoms with Crippen molar-refractivity contribution in [1.82, 2.24) is 4.90 Å². The van der Waals surface area contributed by atoms with Crippen LogP contribution in [0.3, 0.4) is 0 Å². The summed E-state index contributed by atoms with van der Waals surface area (Å²) in [6.45, 7) is 4.68. The minimum atomic E-state index is -1.10. The van der Waals surface area contributed by atoms with Gasteiger partial charge in [-0.3, -0.25) is 9.59 Å². The van der Waals surface area contributed by atoms with Crippen molar-refractivity contribution in [1.29, 1.82) is 0 Å². The van der Waals surface area contributed by atoms with Gasteiger partial charge in [-0.25, -0.2) is 0 Å². The summed E-state index contributed by atoms with van der Waals surface area (Å²) in [6.07, 6.45) is -0.458. The maximum absolute atomic E-state index is 11.5. The Morgan fingerprint density at radius 2 is 1.78 bits per heavy atom. The Labute approximate surface area is 107 Å². The van der Waals surface area contributed by atoms with Gasteiger partial charge >= 0.3 is 5.97 Å². The number of carboxylic acid groups (broad SMARTS) is 1. The molecule has 1 aromatic rings. The van der Waals surface area contributed by atoms with Crippen molar-refractivity contribution >= 4 is 11.9 Å². The summed E-state index contributed by atoms with van der Waals surface area (Å²) in [5.74, 6) is -0.997. The number of amides is 1. The smallest absolute Gasteiger partial charge is 0.312 e. The highest BCUT2D eigenvalue weighted by Crippen LogP contribution is 2.15. The first kappa shape index (κ1) is 14.2. The maximum Gasteiger partial charge on any atom is 0.312 e. The molecule has 0 unspecified atom stereocenters. The van der Waals surface area contributed by atoms with Crippen molar-refractivity contribution in [2.45, 2.75) is 32.7 Å². The third-order valence-electron chi connectivity index (χ3n) is 2.79. The van der Waals surface area contributed by atoms with E-state index in [-0.39, 0.29) is 5.91 Å². The van der Waals surface area contributed by atoms with Crippen LogP contribution in [-0.4, -0.2) is 28.9 Å². The number of carbonyl (C=O) groups excluding carboxylic acids is 1. The zero-order valence-electron chi connectivity index (χ0n) is 11.0. The standard InChI is InChI=1S/C14H19NO3/c1-10(2)12-6-4-11(5-7-12)9-15(3)13(16)8-14(17)18/h4-7,10H,8-9H2,1-3H3,(H,17,18). The average Bonchev–Trinajstić information content (AvgIpc) is 2.28. The van der Waals surface area contributed by atoms with Crippen LogP contribution in [0.2, 0.25) is 0 Å². The van der Waals surface area contributed by atoms with Crippen LogP contribution >= 0.6 is 0 Å². The lowest BCUT2D eigenvalue weighted by molar-refractivity contribution is -0.143. The average molecular weight is 249 g/mol. The van der Waals surface area contributed by atoms with E-state index in [0.29, 0.717) is 12.5 Å². The van der Waals surface area contributed by atoms with Crippen molar-refractivity contribution in [2.75, 3.05) is 7.05 Å². The molecule has 0 radical (unpaired) electrons. The lowest BCUT2D eigenvalue weighted by atomic mass is 10.0. The minimum absolute atomic E-state index is 0.379. The highest BCUT2D eigenvalue weighted by molar-refractivity contribution is 5.93. The monoisotopic (exact) mass is 249 g/mol. The Hall–Kier alpha value is -1.84. The molecule has 1 N–H and O–H groups in total. The third-order valence-corrected chi connectivity index (χ3v) is 2.79.